The van der Waals surface area contributed by atoms with Crippen LogP contribution in [0.25, 0.3) is 0 Å². The smallest absolute Gasteiger partial charge is 0.119 e. The van der Waals surface area contributed by atoms with Crippen LogP contribution in [0.15, 0.2) is 146 Å². The average Bonchev–Trinajstić information content (AvgIpc) is 3.53. The lowest BCUT2D eigenvalue weighted by Gasteiger charge is -2.31. The minimum atomic E-state index is -0.748. The summed E-state index contributed by atoms with van der Waals surface area (Å²) >= 11 is 0. The highest BCUT2D eigenvalue weighted by atomic mass is 16.5. The zero-order chi connectivity index (χ0) is 56.3. The largest absolute Gasteiger partial charge is 0.497 e. The van der Waals surface area contributed by atoms with Crippen molar-refractivity contribution >= 4 is 0 Å². The Labute approximate surface area is 467 Å². The minimum Gasteiger partial charge on any atom is -0.497 e. The SMILES string of the molecule is CCCOc1ccc(C(C)(C)c2ccc(OCC(C)CN(CCN(CC)CC(O)COc3ccc(C(C)(C)c4ccc(OCC(O)CC)cc4)cc3)CC(O)COc3ccc(C(C)(C)c4ccc(OC)cc4)cc3)cc2)cc1. The Morgan fingerprint density at radius 2 is 0.679 bits per heavy atom. The molecule has 0 aromatic heterocycles. The Kier molecular flexibility index (Phi) is 22.9. The van der Waals surface area contributed by atoms with Crippen molar-refractivity contribution in [2.45, 2.75) is 117 Å². The highest BCUT2D eigenvalue weighted by Crippen LogP contribution is 2.36. The van der Waals surface area contributed by atoms with Gasteiger partial charge in [0.2, 0.25) is 0 Å². The minimum absolute atomic E-state index is 0.140. The summed E-state index contributed by atoms with van der Waals surface area (Å²) in [6, 6.07) is 49.2. The summed E-state index contributed by atoms with van der Waals surface area (Å²) in [5.74, 6) is 4.80. The molecule has 11 nitrogen and oxygen atoms in total. The van der Waals surface area contributed by atoms with E-state index in [2.05, 4.69) is 169 Å². The normalized spacial score (nSPS) is 13.7. The van der Waals surface area contributed by atoms with E-state index in [4.69, 9.17) is 28.4 Å². The van der Waals surface area contributed by atoms with Crippen molar-refractivity contribution in [2.75, 3.05) is 79.4 Å². The number of hydrogen-bond donors (Lipinski definition) is 3. The van der Waals surface area contributed by atoms with Crippen LogP contribution >= 0.6 is 0 Å². The zero-order valence-electron chi connectivity index (χ0n) is 48.5. The topological polar surface area (TPSA) is 123 Å². The Morgan fingerprint density at radius 1 is 0.385 bits per heavy atom. The predicted molar refractivity (Wildman–Crippen MR) is 315 cm³/mol. The number of likely N-dealkylation sites (N-methyl/N-ethyl adjacent to an activating group) is 1. The van der Waals surface area contributed by atoms with E-state index in [0.717, 1.165) is 52.7 Å². The molecule has 0 bridgehead atoms. The first kappa shape index (κ1) is 61.1. The van der Waals surface area contributed by atoms with Gasteiger partial charge in [0.25, 0.3) is 0 Å². The second kappa shape index (κ2) is 29.2. The number of nitrogens with zero attached hydrogens (tertiary/aromatic N) is 2. The van der Waals surface area contributed by atoms with Gasteiger partial charge in [-0.05, 0) is 126 Å². The van der Waals surface area contributed by atoms with Gasteiger partial charge in [0.05, 0.1) is 26.4 Å². The second-order valence-corrected chi connectivity index (χ2v) is 22.4. The van der Waals surface area contributed by atoms with E-state index >= 15 is 0 Å². The van der Waals surface area contributed by atoms with Crippen LogP contribution in [0.5, 0.6) is 34.5 Å². The van der Waals surface area contributed by atoms with Gasteiger partial charge < -0.3 is 43.7 Å². The monoisotopic (exact) mass is 1070 g/mol. The van der Waals surface area contributed by atoms with Crippen LogP contribution in [0.3, 0.4) is 0 Å². The maximum absolute atomic E-state index is 11.5. The molecule has 0 amide bonds. The average molecular weight is 1070 g/mol. The van der Waals surface area contributed by atoms with Gasteiger partial charge in [0.1, 0.15) is 66.5 Å². The van der Waals surface area contributed by atoms with Crippen LogP contribution in [0.4, 0.5) is 0 Å². The highest BCUT2D eigenvalue weighted by molar-refractivity contribution is 5.45. The summed E-state index contributed by atoms with van der Waals surface area (Å²) in [4.78, 5) is 4.51. The van der Waals surface area contributed by atoms with Crippen LogP contribution in [-0.2, 0) is 16.2 Å². The maximum atomic E-state index is 11.5. The van der Waals surface area contributed by atoms with Crippen molar-refractivity contribution in [1.29, 1.82) is 0 Å². The molecule has 6 aromatic rings. The van der Waals surface area contributed by atoms with E-state index in [-0.39, 0.29) is 42.0 Å². The van der Waals surface area contributed by atoms with Crippen molar-refractivity contribution in [3.8, 4) is 34.5 Å². The van der Waals surface area contributed by atoms with E-state index in [1.54, 1.807) is 7.11 Å². The van der Waals surface area contributed by atoms with Crippen LogP contribution in [-0.4, -0.2) is 123 Å². The molecule has 11 heteroatoms. The lowest BCUT2D eigenvalue weighted by molar-refractivity contribution is 0.0453. The molecule has 6 aromatic carbocycles. The van der Waals surface area contributed by atoms with Gasteiger partial charge in [-0.2, -0.15) is 0 Å². The molecule has 0 aliphatic carbocycles. The summed E-state index contributed by atoms with van der Waals surface area (Å²) in [7, 11) is 1.68. The number of ether oxygens (including phenoxy) is 6. The first-order chi connectivity index (χ1) is 37.3. The fourth-order valence-corrected chi connectivity index (χ4v) is 9.61. The molecule has 0 saturated carbocycles. The first-order valence-corrected chi connectivity index (χ1v) is 28.1. The van der Waals surface area contributed by atoms with Crippen molar-refractivity contribution < 1.29 is 43.7 Å². The molecule has 4 unspecified atom stereocenters. The van der Waals surface area contributed by atoms with E-state index in [1.165, 1.54) is 16.7 Å². The number of aliphatic hydroxyl groups is 3. The van der Waals surface area contributed by atoms with Crippen LogP contribution < -0.4 is 28.4 Å². The summed E-state index contributed by atoms with van der Waals surface area (Å²) in [5.41, 5.74) is 6.33. The summed E-state index contributed by atoms with van der Waals surface area (Å²) in [5, 5.41) is 32.7. The molecule has 0 aliphatic rings. The molecule has 78 heavy (non-hydrogen) atoms. The highest BCUT2D eigenvalue weighted by Gasteiger charge is 2.27. The molecular formula is C67H90N2O9. The second-order valence-electron chi connectivity index (χ2n) is 22.4. The fourth-order valence-electron chi connectivity index (χ4n) is 9.61. The quantitative estimate of drug-likeness (QED) is 0.0365. The van der Waals surface area contributed by atoms with Gasteiger partial charge in [0, 0.05) is 54.9 Å². The number of methoxy groups -OCH3 is 1. The van der Waals surface area contributed by atoms with Crippen LogP contribution in [0, 0.1) is 5.92 Å². The third-order valence-corrected chi connectivity index (χ3v) is 15.2. The van der Waals surface area contributed by atoms with Gasteiger partial charge in [-0.15, -0.1) is 0 Å². The van der Waals surface area contributed by atoms with E-state index < -0.39 is 18.3 Å². The van der Waals surface area contributed by atoms with E-state index in [1.807, 2.05) is 55.5 Å². The molecular weight excluding hydrogens is 977 g/mol. The Hall–Kier alpha value is -6.08. The summed E-state index contributed by atoms with van der Waals surface area (Å²) < 4.78 is 35.7. The van der Waals surface area contributed by atoms with Gasteiger partial charge in [0.15, 0.2) is 0 Å². The molecule has 0 aliphatic heterocycles. The standard InChI is InChI=1S/C67H90N2O9/c1-12-41-74-60-29-17-51(18-30-60)66(7,8)52-19-31-61(32-20-52)75-45-49(4)42-69(44-58(72)48-78-64-37-23-53(24-38-64)65(5,6)50-15-27-59(73-11)28-16-50)40-39-68(14-3)43-57(71)47-77-63-35-25-55(26-36-63)67(9,10)54-21-33-62(34-22-54)76-46-56(70)13-2/h15-38,49,56-58,70-72H,12-14,39-48H2,1-11H3. The lowest BCUT2D eigenvalue weighted by Crippen LogP contribution is -2.44. The molecule has 4 atom stereocenters. The maximum Gasteiger partial charge on any atom is 0.119 e. The van der Waals surface area contributed by atoms with Crippen molar-refractivity contribution in [2.24, 2.45) is 5.92 Å². The van der Waals surface area contributed by atoms with Gasteiger partial charge in [-0.1, -0.05) is 142 Å². The molecule has 0 spiro atoms. The van der Waals surface area contributed by atoms with Gasteiger partial charge in [-0.3, -0.25) is 9.80 Å². The Morgan fingerprint density at radius 3 is 1.00 bits per heavy atom. The fraction of sp³-hybridized carbons (Fsp3) is 0.463. The molecule has 3 N–H and O–H groups in total. The van der Waals surface area contributed by atoms with Crippen molar-refractivity contribution in [1.82, 2.24) is 9.80 Å². The number of rotatable bonds is 33. The van der Waals surface area contributed by atoms with Crippen LogP contribution in [0.1, 0.15) is 115 Å². The van der Waals surface area contributed by atoms with Gasteiger partial charge >= 0.3 is 0 Å². The third kappa shape index (κ3) is 17.7. The summed E-state index contributed by atoms with van der Waals surface area (Å²) in [6.07, 6.45) is -0.314. The molecule has 422 valence electrons. The Balaban J connectivity index is 1.04. The molecule has 0 radical (unpaired) electrons. The van der Waals surface area contributed by atoms with Crippen LogP contribution in [0.2, 0.25) is 0 Å². The van der Waals surface area contributed by atoms with E-state index in [0.29, 0.717) is 63.9 Å². The number of hydrogen-bond acceptors (Lipinski definition) is 11. The third-order valence-electron chi connectivity index (χ3n) is 15.2. The molecule has 0 saturated heterocycles. The summed E-state index contributed by atoms with van der Waals surface area (Å²) in [6.45, 7) is 27.0. The predicted octanol–water partition coefficient (Wildman–Crippen LogP) is 12.1. The Bertz CT molecular complexity index is 2640. The van der Waals surface area contributed by atoms with Crippen molar-refractivity contribution in [3.63, 3.8) is 0 Å². The molecule has 0 heterocycles. The molecule has 0 fully saturated rings. The lowest BCUT2D eigenvalue weighted by atomic mass is 9.78. The van der Waals surface area contributed by atoms with E-state index in [9.17, 15) is 15.3 Å². The zero-order valence-corrected chi connectivity index (χ0v) is 48.5. The number of aliphatic hydroxyl groups excluding tert-OH is 3. The number of benzene rings is 6. The molecule has 6 rings (SSSR count). The van der Waals surface area contributed by atoms with Gasteiger partial charge in [-0.25, -0.2) is 0 Å². The first-order valence-electron chi connectivity index (χ1n) is 28.1. The van der Waals surface area contributed by atoms with Crippen molar-refractivity contribution in [3.05, 3.63) is 179 Å².